The quantitative estimate of drug-likeness (QED) is 0.445. The van der Waals surface area contributed by atoms with Gasteiger partial charge in [0.05, 0.1) is 16.8 Å². The first-order chi connectivity index (χ1) is 14.9. The van der Waals surface area contributed by atoms with Gasteiger partial charge in [-0.15, -0.1) is 0 Å². The standard InChI is InChI=1S/C22H22Cl4N4O/c1-14-20(22(31)30(26)28-11-3-2-4-12-28)27-29(19-10-9-17(24)13-18(19)25)21(14)15-5-7-16(23)8-6-15/h5-10,13-14,21H,2-4,11-12H2,1H3/t14-,21+/m1/s1. The molecule has 0 aromatic heterocycles. The van der Waals surface area contributed by atoms with E-state index in [1.54, 1.807) is 23.2 Å². The Morgan fingerprint density at radius 2 is 1.65 bits per heavy atom. The number of anilines is 1. The molecule has 0 aliphatic carbocycles. The summed E-state index contributed by atoms with van der Waals surface area (Å²) in [7, 11) is 0. The van der Waals surface area contributed by atoms with Crippen molar-refractivity contribution in [2.45, 2.75) is 32.2 Å². The predicted octanol–water partition coefficient (Wildman–Crippen LogP) is 6.58. The Morgan fingerprint density at radius 3 is 2.29 bits per heavy atom. The van der Waals surface area contributed by atoms with Gasteiger partial charge in [0.1, 0.15) is 5.71 Å². The Morgan fingerprint density at radius 1 is 1.00 bits per heavy atom. The molecule has 0 N–H and O–H groups in total. The topological polar surface area (TPSA) is 39.2 Å². The van der Waals surface area contributed by atoms with Gasteiger partial charge in [-0.2, -0.15) is 9.63 Å². The van der Waals surface area contributed by atoms with Crippen molar-refractivity contribution in [2.75, 3.05) is 18.1 Å². The van der Waals surface area contributed by atoms with Gasteiger partial charge in [0, 0.05) is 40.8 Å². The number of hydrazine groups is 1. The molecular weight excluding hydrogens is 478 g/mol. The van der Waals surface area contributed by atoms with Crippen molar-refractivity contribution in [3.8, 4) is 0 Å². The van der Waals surface area contributed by atoms with Crippen LogP contribution in [-0.4, -0.2) is 34.2 Å². The van der Waals surface area contributed by atoms with Crippen LogP contribution in [0.15, 0.2) is 47.6 Å². The molecule has 2 aromatic carbocycles. The van der Waals surface area contributed by atoms with Crippen molar-refractivity contribution < 1.29 is 4.79 Å². The molecule has 2 heterocycles. The van der Waals surface area contributed by atoms with Crippen molar-refractivity contribution in [1.82, 2.24) is 9.54 Å². The predicted molar refractivity (Wildman–Crippen MR) is 128 cm³/mol. The summed E-state index contributed by atoms with van der Waals surface area (Å²) >= 11 is 25.2. The molecule has 0 radical (unpaired) electrons. The van der Waals surface area contributed by atoms with E-state index in [4.69, 9.17) is 51.7 Å². The molecule has 2 aliphatic heterocycles. The Labute approximate surface area is 202 Å². The maximum atomic E-state index is 13.3. The molecule has 0 saturated carbocycles. The number of hydrogen-bond donors (Lipinski definition) is 0. The smallest absolute Gasteiger partial charge is 0.265 e. The minimum Gasteiger partial charge on any atom is -0.265 e. The van der Waals surface area contributed by atoms with Gasteiger partial charge in [0.25, 0.3) is 5.91 Å². The summed E-state index contributed by atoms with van der Waals surface area (Å²) in [5.41, 5.74) is 2.01. The van der Waals surface area contributed by atoms with E-state index in [0.717, 1.165) is 37.9 Å². The van der Waals surface area contributed by atoms with Crippen molar-refractivity contribution >= 4 is 63.9 Å². The average molecular weight is 500 g/mol. The minimum atomic E-state index is -0.317. The number of halogens is 4. The van der Waals surface area contributed by atoms with Gasteiger partial charge in [-0.3, -0.25) is 9.80 Å². The molecule has 9 heteroatoms. The summed E-state index contributed by atoms with van der Waals surface area (Å²) < 4.78 is 1.19. The van der Waals surface area contributed by atoms with Crippen LogP contribution in [0.3, 0.4) is 0 Å². The molecule has 4 rings (SSSR count). The summed E-state index contributed by atoms with van der Waals surface area (Å²) in [4.78, 5) is 13.3. The first kappa shape index (κ1) is 22.7. The third-order valence-electron chi connectivity index (χ3n) is 5.72. The summed E-state index contributed by atoms with van der Waals surface area (Å²) in [6, 6.07) is 12.5. The van der Waals surface area contributed by atoms with E-state index in [1.165, 1.54) is 4.53 Å². The van der Waals surface area contributed by atoms with E-state index < -0.39 is 0 Å². The van der Waals surface area contributed by atoms with Gasteiger partial charge >= 0.3 is 0 Å². The number of carbonyl (C=O) groups excluding carboxylic acids is 1. The maximum absolute atomic E-state index is 13.3. The SMILES string of the molecule is C[C@@H]1C(C(=O)N(Cl)N2CCCCC2)=NN(c2ccc(Cl)cc2Cl)[C@@H]1c1ccc(Cl)cc1. The monoisotopic (exact) mass is 498 g/mol. The summed E-state index contributed by atoms with van der Waals surface area (Å²) in [5, 5.41) is 9.99. The number of carbonyl (C=O) groups is 1. The molecule has 1 fully saturated rings. The number of benzene rings is 2. The lowest BCUT2D eigenvalue weighted by molar-refractivity contribution is -0.131. The number of hydrogen-bond acceptors (Lipinski definition) is 4. The first-order valence-electron chi connectivity index (χ1n) is 10.2. The lowest BCUT2D eigenvalue weighted by Gasteiger charge is -2.32. The van der Waals surface area contributed by atoms with E-state index >= 15 is 0 Å². The molecule has 1 amide bonds. The molecule has 2 aliphatic rings. The number of piperidine rings is 1. The lowest BCUT2D eigenvalue weighted by atomic mass is 9.91. The van der Waals surface area contributed by atoms with Gasteiger partial charge in [-0.05, 0) is 48.7 Å². The van der Waals surface area contributed by atoms with Crippen molar-refractivity contribution in [3.63, 3.8) is 0 Å². The highest BCUT2D eigenvalue weighted by Gasteiger charge is 2.42. The second-order valence-corrected chi connectivity index (χ2v) is 9.39. The van der Waals surface area contributed by atoms with E-state index in [1.807, 2.05) is 36.2 Å². The number of nitrogens with zero attached hydrogens (tertiary/aromatic N) is 4. The fraction of sp³-hybridized carbons (Fsp3) is 0.364. The van der Waals surface area contributed by atoms with Crippen molar-refractivity contribution in [2.24, 2.45) is 11.0 Å². The highest BCUT2D eigenvalue weighted by molar-refractivity contribution is 6.46. The fourth-order valence-corrected chi connectivity index (χ4v) is 4.96. The number of rotatable bonds is 4. The largest absolute Gasteiger partial charge is 0.299 e. The zero-order valence-corrected chi connectivity index (χ0v) is 20.0. The Bertz CT molecular complexity index is 992. The van der Waals surface area contributed by atoms with Gasteiger partial charge in [-0.25, -0.2) is 5.01 Å². The maximum Gasteiger partial charge on any atom is 0.299 e. The van der Waals surface area contributed by atoms with E-state index in [0.29, 0.717) is 26.5 Å². The van der Waals surface area contributed by atoms with Crippen LogP contribution in [-0.2, 0) is 4.79 Å². The zero-order chi connectivity index (χ0) is 22.1. The Balaban J connectivity index is 1.71. The Hall–Kier alpha value is -1.50. The van der Waals surface area contributed by atoms with E-state index in [9.17, 15) is 4.79 Å². The molecule has 0 unspecified atom stereocenters. The van der Waals surface area contributed by atoms with Gasteiger partial charge in [0.2, 0.25) is 0 Å². The molecule has 1 saturated heterocycles. The van der Waals surface area contributed by atoms with Crippen LogP contribution in [0, 0.1) is 5.92 Å². The molecule has 2 aromatic rings. The van der Waals surface area contributed by atoms with Gasteiger partial charge < -0.3 is 0 Å². The third-order valence-corrected chi connectivity index (χ3v) is 6.88. The van der Waals surface area contributed by atoms with E-state index in [-0.39, 0.29) is 17.9 Å². The van der Waals surface area contributed by atoms with Crippen LogP contribution in [0.1, 0.15) is 37.8 Å². The summed E-state index contributed by atoms with van der Waals surface area (Å²) in [6.07, 6.45) is 3.17. The highest BCUT2D eigenvalue weighted by Crippen LogP contribution is 2.43. The zero-order valence-electron chi connectivity index (χ0n) is 16.9. The Kier molecular flexibility index (Phi) is 6.99. The molecule has 31 heavy (non-hydrogen) atoms. The second kappa shape index (κ2) is 9.55. The molecule has 164 valence electrons. The van der Waals surface area contributed by atoms with Crippen LogP contribution >= 0.6 is 46.6 Å². The molecule has 2 atom stereocenters. The molecule has 0 spiro atoms. The molecular formula is C22H22Cl4N4O. The number of amides is 1. The van der Waals surface area contributed by atoms with Gasteiger partial charge in [0.15, 0.2) is 0 Å². The number of hydrazone groups is 1. The fourth-order valence-electron chi connectivity index (χ4n) is 4.10. The molecule has 5 nitrogen and oxygen atoms in total. The summed E-state index contributed by atoms with van der Waals surface area (Å²) in [6.45, 7) is 3.48. The van der Waals surface area contributed by atoms with E-state index in [2.05, 4.69) is 0 Å². The highest BCUT2D eigenvalue weighted by atomic mass is 35.5. The third kappa shape index (κ3) is 4.67. The average Bonchev–Trinajstić information content (AvgIpc) is 3.10. The van der Waals surface area contributed by atoms with Crippen LogP contribution in [0.4, 0.5) is 5.69 Å². The minimum absolute atomic E-state index is 0.230. The van der Waals surface area contributed by atoms with Crippen LogP contribution in [0.25, 0.3) is 0 Å². The molecule has 0 bridgehead atoms. The summed E-state index contributed by atoms with van der Waals surface area (Å²) in [5.74, 6) is -0.547. The second-order valence-electron chi connectivity index (χ2n) is 7.79. The van der Waals surface area contributed by atoms with Crippen molar-refractivity contribution in [3.05, 3.63) is 63.1 Å². The van der Waals surface area contributed by atoms with Crippen LogP contribution in [0.5, 0.6) is 0 Å². The first-order valence-corrected chi connectivity index (χ1v) is 11.7. The lowest BCUT2D eigenvalue weighted by Crippen LogP contribution is -2.46. The normalized spacial score (nSPS) is 21.8. The van der Waals surface area contributed by atoms with Crippen molar-refractivity contribution in [1.29, 1.82) is 0 Å². The van der Waals surface area contributed by atoms with Gasteiger partial charge in [-0.1, -0.05) is 60.3 Å². The van der Waals surface area contributed by atoms with Crippen LogP contribution in [0.2, 0.25) is 15.1 Å². The van der Waals surface area contributed by atoms with Crippen LogP contribution < -0.4 is 5.01 Å².